The molecule has 0 fully saturated rings. The van der Waals surface area contributed by atoms with E-state index in [1.807, 2.05) is 0 Å². The summed E-state index contributed by atoms with van der Waals surface area (Å²) in [6.45, 7) is 0.172. The van der Waals surface area contributed by atoms with Crippen molar-refractivity contribution in [2.45, 2.75) is 12.0 Å². The van der Waals surface area contributed by atoms with E-state index in [0.29, 0.717) is 27.8 Å². The van der Waals surface area contributed by atoms with Gasteiger partial charge in [-0.05, 0) is 42.0 Å². The third kappa shape index (κ3) is 2.83. The average Bonchev–Trinajstić information content (AvgIpc) is 3.17. The molecule has 2 aliphatic rings. The van der Waals surface area contributed by atoms with Crippen LogP contribution >= 0.6 is 11.6 Å². The number of benzene rings is 2. The molecule has 1 unspecified atom stereocenters. The van der Waals surface area contributed by atoms with Crippen molar-refractivity contribution in [1.29, 1.82) is 0 Å². The van der Waals surface area contributed by atoms with E-state index in [2.05, 4.69) is 5.32 Å². The van der Waals surface area contributed by atoms with Gasteiger partial charge in [0.25, 0.3) is 5.91 Å². The Morgan fingerprint density at radius 2 is 2.04 bits per heavy atom. The minimum Gasteiger partial charge on any atom is -0.454 e. The summed E-state index contributed by atoms with van der Waals surface area (Å²) in [6, 6.07) is 9.97. The second-order valence-corrected chi connectivity index (χ2v) is 6.53. The number of allylic oxidation sites excluding steroid dienone is 1. The first-order valence-electron chi connectivity index (χ1n) is 7.90. The van der Waals surface area contributed by atoms with Gasteiger partial charge in [-0.3, -0.25) is 9.59 Å². The van der Waals surface area contributed by atoms with Crippen molar-refractivity contribution in [3.05, 3.63) is 58.6 Å². The highest BCUT2D eigenvalue weighted by Gasteiger charge is 2.46. The molecule has 6 nitrogen and oxygen atoms in total. The van der Waals surface area contributed by atoms with Gasteiger partial charge < -0.3 is 19.9 Å². The van der Waals surface area contributed by atoms with Crippen molar-refractivity contribution in [2.24, 2.45) is 0 Å². The van der Waals surface area contributed by atoms with Crippen molar-refractivity contribution in [3.8, 4) is 11.5 Å². The van der Waals surface area contributed by atoms with Crippen LogP contribution in [-0.4, -0.2) is 23.6 Å². The minimum atomic E-state index is -1.93. The molecule has 0 saturated heterocycles. The minimum absolute atomic E-state index is 0.172. The van der Waals surface area contributed by atoms with Crippen molar-refractivity contribution < 1.29 is 24.2 Å². The molecule has 7 heteroatoms. The van der Waals surface area contributed by atoms with E-state index in [4.69, 9.17) is 21.1 Å². The number of ether oxygens (including phenoxy) is 2. The fourth-order valence-corrected chi connectivity index (χ4v) is 3.18. The summed E-state index contributed by atoms with van der Waals surface area (Å²) in [7, 11) is 0. The normalized spacial score (nSPS) is 20.3. The molecule has 2 aliphatic heterocycles. The zero-order valence-electron chi connectivity index (χ0n) is 13.5. The molecule has 2 aromatic rings. The molecule has 0 bridgehead atoms. The van der Waals surface area contributed by atoms with Gasteiger partial charge in [0.05, 0.1) is 6.42 Å². The van der Waals surface area contributed by atoms with Gasteiger partial charge >= 0.3 is 0 Å². The summed E-state index contributed by atoms with van der Waals surface area (Å²) in [6.07, 6.45) is 2.54. The van der Waals surface area contributed by atoms with E-state index < -0.39 is 17.3 Å². The van der Waals surface area contributed by atoms with E-state index in [0.717, 1.165) is 5.56 Å². The topological polar surface area (TPSA) is 84.9 Å². The maximum Gasteiger partial charge on any atom is 0.261 e. The van der Waals surface area contributed by atoms with Gasteiger partial charge in [0.1, 0.15) is 0 Å². The van der Waals surface area contributed by atoms with Crippen molar-refractivity contribution in [3.63, 3.8) is 0 Å². The summed E-state index contributed by atoms with van der Waals surface area (Å²) < 4.78 is 10.5. The van der Waals surface area contributed by atoms with Crippen molar-refractivity contribution >= 4 is 35.1 Å². The third-order valence-corrected chi connectivity index (χ3v) is 4.57. The number of fused-ring (bicyclic) bond motifs is 2. The van der Waals surface area contributed by atoms with Gasteiger partial charge in [-0.25, -0.2) is 0 Å². The van der Waals surface area contributed by atoms with Crippen LogP contribution in [0.2, 0.25) is 5.02 Å². The Morgan fingerprint density at radius 3 is 2.88 bits per heavy atom. The molecule has 132 valence electrons. The Bertz CT molecular complexity index is 955. The van der Waals surface area contributed by atoms with Crippen LogP contribution in [-0.2, 0) is 15.2 Å². The van der Waals surface area contributed by atoms with Crippen LogP contribution in [0.25, 0.3) is 6.08 Å². The monoisotopic (exact) mass is 371 g/mol. The predicted molar refractivity (Wildman–Crippen MR) is 95.2 cm³/mol. The largest absolute Gasteiger partial charge is 0.454 e. The second kappa shape index (κ2) is 6.16. The van der Waals surface area contributed by atoms with Crippen LogP contribution in [0.4, 0.5) is 5.69 Å². The lowest BCUT2D eigenvalue weighted by Gasteiger charge is -2.19. The van der Waals surface area contributed by atoms with Gasteiger partial charge in [-0.15, -0.1) is 0 Å². The van der Waals surface area contributed by atoms with Crippen molar-refractivity contribution in [2.75, 3.05) is 12.1 Å². The van der Waals surface area contributed by atoms with Crippen LogP contribution in [0.15, 0.2) is 42.5 Å². The zero-order chi connectivity index (χ0) is 18.3. The van der Waals surface area contributed by atoms with Gasteiger partial charge in [0.2, 0.25) is 6.79 Å². The van der Waals surface area contributed by atoms with Gasteiger partial charge in [0.15, 0.2) is 22.9 Å². The summed E-state index contributed by atoms with van der Waals surface area (Å²) >= 11 is 5.95. The molecule has 2 heterocycles. The number of halogens is 1. The SMILES string of the molecule is O=C(/C=C\c1ccc2c(c1)OCO2)CC1(O)C(=O)Nc2ccc(Cl)cc21. The van der Waals surface area contributed by atoms with Crippen LogP contribution in [0.1, 0.15) is 17.5 Å². The van der Waals surface area contributed by atoms with E-state index in [1.165, 1.54) is 12.1 Å². The number of ketones is 1. The van der Waals surface area contributed by atoms with E-state index >= 15 is 0 Å². The Labute approximate surface area is 154 Å². The molecule has 26 heavy (non-hydrogen) atoms. The molecule has 2 N–H and O–H groups in total. The number of amides is 1. The molecule has 1 amide bonds. The maximum absolute atomic E-state index is 12.3. The molecule has 2 aromatic carbocycles. The average molecular weight is 372 g/mol. The molecule has 0 spiro atoms. The lowest BCUT2D eigenvalue weighted by Crippen LogP contribution is -2.36. The highest BCUT2D eigenvalue weighted by molar-refractivity contribution is 6.31. The summed E-state index contributed by atoms with van der Waals surface area (Å²) in [5.74, 6) is 0.226. The standard InChI is InChI=1S/C19H14ClNO5/c20-12-3-5-15-14(8-12)19(24,18(23)21-15)9-13(22)4-1-11-2-6-16-17(7-11)26-10-25-16/h1-8,24H,9-10H2,(H,21,23)/b4-1-. The fraction of sp³-hybridized carbons (Fsp3) is 0.158. The van der Waals surface area contributed by atoms with Crippen LogP contribution in [0.5, 0.6) is 11.5 Å². The molecular formula is C19H14ClNO5. The van der Waals surface area contributed by atoms with Gasteiger partial charge in [-0.2, -0.15) is 0 Å². The fourth-order valence-electron chi connectivity index (χ4n) is 3.01. The number of carbonyl (C=O) groups excluding carboxylic acids is 2. The smallest absolute Gasteiger partial charge is 0.261 e. The number of nitrogens with one attached hydrogen (secondary N) is 1. The van der Waals surface area contributed by atoms with Gasteiger partial charge in [-0.1, -0.05) is 23.7 Å². The van der Waals surface area contributed by atoms with Crippen LogP contribution < -0.4 is 14.8 Å². The highest BCUT2D eigenvalue weighted by atomic mass is 35.5. The molecule has 0 aromatic heterocycles. The second-order valence-electron chi connectivity index (χ2n) is 6.09. The molecule has 1 atom stereocenters. The third-order valence-electron chi connectivity index (χ3n) is 4.34. The quantitative estimate of drug-likeness (QED) is 0.807. The maximum atomic E-state index is 12.3. The Kier molecular flexibility index (Phi) is 3.94. The van der Waals surface area contributed by atoms with Crippen LogP contribution in [0, 0.1) is 0 Å². The number of hydrogen-bond acceptors (Lipinski definition) is 5. The molecule has 0 radical (unpaired) electrons. The molecular weight excluding hydrogens is 358 g/mol. The Morgan fingerprint density at radius 1 is 1.23 bits per heavy atom. The lowest BCUT2D eigenvalue weighted by molar-refractivity contribution is -0.138. The highest BCUT2D eigenvalue weighted by Crippen LogP contribution is 2.40. The molecule has 4 rings (SSSR count). The van der Waals surface area contributed by atoms with E-state index in [1.54, 1.807) is 36.4 Å². The lowest BCUT2D eigenvalue weighted by atomic mass is 9.89. The summed E-state index contributed by atoms with van der Waals surface area (Å²) in [4.78, 5) is 24.5. The van der Waals surface area contributed by atoms with Gasteiger partial charge in [0, 0.05) is 16.3 Å². The predicted octanol–water partition coefficient (Wildman–Crippen LogP) is 2.88. The van der Waals surface area contributed by atoms with Crippen LogP contribution in [0.3, 0.4) is 0 Å². The zero-order valence-corrected chi connectivity index (χ0v) is 14.2. The van der Waals surface area contributed by atoms with Crippen molar-refractivity contribution in [1.82, 2.24) is 0 Å². The van der Waals surface area contributed by atoms with E-state index in [9.17, 15) is 14.7 Å². The molecule has 0 saturated carbocycles. The Balaban J connectivity index is 1.53. The molecule has 0 aliphatic carbocycles. The summed E-state index contributed by atoms with van der Waals surface area (Å²) in [5, 5.41) is 13.7. The first kappa shape index (κ1) is 16.6. The summed E-state index contributed by atoms with van der Waals surface area (Å²) in [5.41, 5.74) is -0.431. The first-order valence-corrected chi connectivity index (χ1v) is 8.28. The first-order chi connectivity index (χ1) is 12.5. The number of aliphatic hydroxyl groups is 1. The Hall–Kier alpha value is -2.83. The number of rotatable bonds is 4. The number of hydrogen-bond donors (Lipinski definition) is 2. The van der Waals surface area contributed by atoms with E-state index in [-0.39, 0.29) is 13.2 Å². The number of anilines is 1. The number of carbonyl (C=O) groups is 2.